The van der Waals surface area contributed by atoms with Crippen LogP contribution in [0.2, 0.25) is 0 Å². The predicted molar refractivity (Wildman–Crippen MR) is 111 cm³/mol. The number of piperidine rings is 1. The van der Waals surface area contributed by atoms with Crippen molar-refractivity contribution in [2.45, 2.75) is 26.2 Å². The molecule has 0 saturated carbocycles. The number of aromatic nitrogens is 3. The Morgan fingerprint density at radius 1 is 1.36 bits per heavy atom. The first-order valence-corrected chi connectivity index (χ1v) is 10.5. The van der Waals surface area contributed by atoms with Crippen LogP contribution in [-0.2, 0) is 4.79 Å². The zero-order valence-electron chi connectivity index (χ0n) is 16.2. The Hall–Kier alpha value is -2.61. The number of benzene rings is 1. The van der Waals surface area contributed by atoms with Crippen LogP contribution in [0.1, 0.15) is 26.2 Å². The summed E-state index contributed by atoms with van der Waals surface area (Å²) in [5.41, 5.74) is 1.93. The number of methoxy groups -OCH3 is 1. The van der Waals surface area contributed by atoms with Crippen LogP contribution in [-0.4, -0.2) is 47.2 Å². The van der Waals surface area contributed by atoms with E-state index >= 15 is 0 Å². The van der Waals surface area contributed by atoms with Crippen molar-refractivity contribution in [1.82, 2.24) is 19.9 Å². The molecule has 7 nitrogen and oxygen atoms in total. The number of rotatable bonds is 6. The van der Waals surface area contributed by atoms with Gasteiger partial charge < -0.3 is 15.0 Å². The SMILES string of the molecule is CCCNC(=O)C1CCCN(c2nn3cc(-c4ccc(OC)cc4)nc3s2)C1. The second-order valence-corrected chi connectivity index (χ2v) is 7.98. The molecule has 1 saturated heterocycles. The summed E-state index contributed by atoms with van der Waals surface area (Å²) < 4.78 is 7.04. The lowest BCUT2D eigenvalue weighted by atomic mass is 9.97. The Balaban J connectivity index is 1.48. The highest BCUT2D eigenvalue weighted by Crippen LogP contribution is 2.30. The molecule has 1 aliphatic heterocycles. The Bertz CT molecular complexity index is 918. The monoisotopic (exact) mass is 399 g/mol. The van der Waals surface area contributed by atoms with Crippen molar-refractivity contribution in [3.63, 3.8) is 0 Å². The van der Waals surface area contributed by atoms with Gasteiger partial charge in [-0.3, -0.25) is 4.79 Å². The van der Waals surface area contributed by atoms with Gasteiger partial charge in [-0.15, -0.1) is 5.10 Å². The van der Waals surface area contributed by atoms with Gasteiger partial charge in [-0.1, -0.05) is 18.3 Å². The first-order valence-electron chi connectivity index (χ1n) is 9.71. The Kier molecular flexibility index (Phi) is 5.47. The van der Waals surface area contributed by atoms with Gasteiger partial charge in [0.2, 0.25) is 16.0 Å². The largest absolute Gasteiger partial charge is 0.497 e. The minimum Gasteiger partial charge on any atom is -0.497 e. The normalized spacial score (nSPS) is 17.1. The van der Waals surface area contributed by atoms with Crippen LogP contribution in [0.3, 0.4) is 0 Å². The maximum atomic E-state index is 12.3. The number of carbonyl (C=O) groups is 1. The minimum atomic E-state index is 0.0337. The standard InChI is InChI=1S/C20H25N5O2S/c1-3-10-21-18(26)15-5-4-11-24(12-15)20-23-25-13-17(22-19(25)28-20)14-6-8-16(27-2)9-7-14/h6-9,13,15H,3-5,10-12H2,1-2H3,(H,21,26). The number of imidazole rings is 1. The number of ether oxygens (including phenoxy) is 1. The summed E-state index contributed by atoms with van der Waals surface area (Å²) in [6.45, 7) is 4.46. The smallest absolute Gasteiger partial charge is 0.224 e. The van der Waals surface area contributed by atoms with Gasteiger partial charge in [0.1, 0.15) is 5.75 Å². The van der Waals surface area contributed by atoms with Crippen LogP contribution in [0.25, 0.3) is 16.2 Å². The van der Waals surface area contributed by atoms with Gasteiger partial charge in [0.05, 0.1) is 24.9 Å². The van der Waals surface area contributed by atoms with Crippen LogP contribution in [0, 0.1) is 5.92 Å². The number of nitrogens with zero attached hydrogens (tertiary/aromatic N) is 4. The molecule has 1 fully saturated rings. The highest BCUT2D eigenvalue weighted by molar-refractivity contribution is 7.20. The van der Waals surface area contributed by atoms with Crippen LogP contribution in [0.5, 0.6) is 5.75 Å². The Morgan fingerprint density at radius 2 is 2.18 bits per heavy atom. The molecule has 148 valence electrons. The van der Waals surface area contributed by atoms with Crippen LogP contribution in [0.15, 0.2) is 30.5 Å². The van der Waals surface area contributed by atoms with E-state index in [4.69, 9.17) is 14.8 Å². The molecule has 3 heterocycles. The fraction of sp³-hybridized carbons (Fsp3) is 0.450. The molecular weight excluding hydrogens is 374 g/mol. The summed E-state index contributed by atoms with van der Waals surface area (Å²) in [5, 5.41) is 8.66. The van der Waals surface area contributed by atoms with Gasteiger partial charge in [0.25, 0.3) is 0 Å². The maximum Gasteiger partial charge on any atom is 0.224 e. The van der Waals surface area contributed by atoms with Crippen LogP contribution >= 0.6 is 11.3 Å². The summed E-state index contributed by atoms with van der Waals surface area (Å²) in [6, 6.07) is 7.85. The van der Waals surface area contributed by atoms with E-state index in [1.807, 2.05) is 35.0 Å². The molecule has 0 bridgehead atoms. The zero-order valence-corrected chi connectivity index (χ0v) is 17.0. The van der Waals surface area contributed by atoms with Gasteiger partial charge in [-0.2, -0.15) is 0 Å². The topological polar surface area (TPSA) is 71.8 Å². The van der Waals surface area contributed by atoms with Crippen molar-refractivity contribution < 1.29 is 9.53 Å². The maximum absolute atomic E-state index is 12.3. The average molecular weight is 400 g/mol. The van der Waals surface area contributed by atoms with Crippen LogP contribution < -0.4 is 15.0 Å². The number of fused-ring (bicyclic) bond motifs is 1. The first kappa shape index (κ1) is 18.7. The van der Waals surface area contributed by atoms with Gasteiger partial charge in [0.15, 0.2) is 0 Å². The lowest BCUT2D eigenvalue weighted by molar-refractivity contribution is -0.125. The van der Waals surface area contributed by atoms with Crippen molar-refractivity contribution in [2.75, 3.05) is 31.6 Å². The number of hydrogen-bond acceptors (Lipinski definition) is 6. The third-order valence-electron chi connectivity index (χ3n) is 5.03. The van der Waals surface area contributed by atoms with Crippen molar-refractivity contribution in [2.24, 2.45) is 5.92 Å². The number of amides is 1. The molecule has 1 amide bonds. The molecule has 1 N–H and O–H groups in total. The molecule has 2 aromatic heterocycles. The molecule has 0 spiro atoms. The number of nitrogens with one attached hydrogen (secondary N) is 1. The predicted octanol–water partition coefficient (Wildman–Crippen LogP) is 3.21. The lowest BCUT2D eigenvalue weighted by Gasteiger charge is -2.31. The van der Waals surface area contributed by atoms with E-state index in [2.05, 4.69) is 17.1 Å². The lowest BCUT2D eigenvalue weighted by Crippen LogP contribution is -2.43. The Labute approximate surface area is 168 Å². The van der Waals surface area contributed by atoms with Gasteiger partial charge >= 0.3 is 0 Å². The van der Waals surface area contributed by atoms with Crippen molar-refractivity contribution >= 4 is 27.3 Å². The van der Waals surface area contributed by atoms with Crippen molar-refractivity contribution in [1.29, 1.82) is 0 Å². The summed E-state index contributed by atoms with van der Waals surface area (Å²) in [5.74, 6) is 1.02. The fourth-order valence-electron chi connectivity index (χ4n) is 3.48. The summed E-state index contributed by atoms with van der Waals surface area (Å²) in [6.07, 6.45) is 4.86. The second kappa shape index (κ2) is 8.18. The highest BCUT2D eigenvalue weighted by atomic mass is 32.1. The molecule has 4 rings (SSSR count). The number of anilines is 1. The van der Waals surface area contributed by atoms with E-state index in [1.54, 1.807) is 18.4 Å². The molecule has 0 radical (unpaired) electrons. The van der Waals surface area contributed by atoms with E-state index in [1.165, 1.54) is 0 Å². The third-order valence-corrected chi connectivity index (χ3v) is 6.01. The van der Waals surface area contributed by atoms with E-state index in [-0.39, 0.29) is 11.8 Å². The zero-order chi connectivity index (χ0) is 19.5. The minimum absolute atomic E-state index is 0.0337. The molecule has 1 aliphatic rings. The third kappa shape index (κ3) is 3.82. The van der Waals surface area contributed by atoms with Crippen LogP contribution in [0.4, 0.5) is 5.13 Å². The Morgan fingerprint density at radius 3 is 2.89 bits per heavy atom. The molecular formula is C20H25N5O2S. The van der Waals surface area contributed by atoms with E-state index in [0.717, 1.165) is 66.0 Å². The number of carbonyl (C=O) groups excluding carboxylic acids is 1. The van der Waals surface area contributed by atoms with Crippen molar-refractivity contribution in [3.8, 4) is 17.0 Å². The summed E-state index contributed by atoms with van der Waals surface area (Å²) in [4.78, 5) is 20.1. The van der Waals surface area contributed by atoms with E-state index < -0.39 is 0 Å². The second-order valence-electron chi connectivity index (χ2n) is 7.04. The molecule has 28 heavy (non-hydrogen) atoms. The molecule has 1 atom stereocenters. The quantitative estimate of drug-likeness (QED) is 0.689. The average Bonchev–Trinajstić information content (AvgIpc) is 3.31. The van der Waals surface area contributed by atoms with Crippen molar-refractivity contribution in [3.05, 3.63) is 30.5 Å². The molecule has 8 heteroatoms. The summed E-state index contributed by atoms with van der Waals surface area (Å²) >= 11 is 1.57. The molecule has 0 aliphatic carbocycles. The summed E-state index contributed by atoms with van der Waals surface area (Å²) in [7, 11) is 1.66. The number of hydrogen-bond donors (Lipinski definition) is 1. The molecule has 1 aromatic carbocycles. The van der Waals surface area contributed by atoms with E-state index in [9.17, 15) is 4.79 Å². The van der Waals surface area contributed by atoms with Gasteiger partial charge in [0, 0.05) is 25.2 Å². The fourth-order valence-corrected chi connectivity index (χ4v) is 4.39. The molecule has 1 unspecified atom stereocenters. The van der Waals surface area contributed by atoms with Gasteiger partial charge in [-0.05, 0) is 43.5 Å². The highest BCUT2D eigenvalue weighted by Gasteiger charge is 2.27. The van der Waals surface area contributed by atoms with Gasteiger partial charge in [-0.25, -0.2) is 9.50 Å². The molecule has 3 aromatic rings. The van der Waals surface area contributed by atoms with E-state index in [0.29, 0.717) is 0 Å². The first-order chi connectivity index (χ1) is 13.7.